The van der Waals surface area contributed by atoms with Crippen LogP contribution in [0.3, 0.4) is 0 Å². The Hall–Kier alpha value is -1.88. The summed E-state index contributed by atoms with van der Waals surface area (Å²) in [6.45, 7) is 1.89. The van der Waals surface area contributed by atoms with Crippen LogP contribution < -0.4 is 5.73 Å². The Morgan fingerprint density at radius 3 is 3.00 bits per heavy atom. The molecular weight excluding hydrogens is 194 g/mol. The highest BCUT2D eigenvalue weighted by molar-refractivity contribution is 5.75. The number of aliphatic carboxylic acids is 1. The zero-order valence-electron chi connectivity index (χ0n) is 8.21. The predicted molar refractivity (Wildman–Crippen MR) is 54.5 cm³/mol. The zero-order chi connectivity index (χ0) is 11.0. The quantitative estimate of drug-likeness (QED) is 0.757. The lowest BCUT2D eigenvalue weighted by Crippen LogP contribution is -2.20. The van der Waals surface area contributed by atoms with Crippen LogP contribution in [-0.2, 0) is 4.79 Å². The maximum Gasteiger partial charge on any atom is 0.325 e. The van der Waals surface area contributed by atoms with Crippen molar-refractivity contribution in [1.29, 1.82) is 0 Å². The van der Waals surface area contributed by atoms with E-state index < -0.39 is 12.0 Å². The van der Waals surface area contributed by atoms with Gasteiger partial charge in [0.2, 0.25) is 0 Å². The topological polar surface area (TPSA) is 80.6 Å². The molecule has 0 saturated carbocycles. The maximum absolute atomic E-state index is 10.7. The molecule has 0 spiro atoms. The minimum Gasteiger partial charge on any atom is -0.480 e. The molecule has 0 radical (unpaired) electrons. The Morgan fingerprint density at radius 1 is 1.60 bits per heavy atom. The number of carbonyl (C=O) groups is 1. The van der Waals surface area contributed by atoms with Crippen LogP contribution in [0.15, 0.2) is 24.7 Å². The van der Waals surface area contributed by atoms with Crippen LogP contribution in [0.5, 0.6) is 0 Å². The first-order valence-corrected chi connectivity index (χ1v) is 4.51. The van der Waals surface area contributed by atoms with Crippen molar-refractivity contribution < 1.29 is 9.90 Å². The highest BCUT2D eigenvalue weighted by Crippen LogP contribution is 2.14. The van der Waals surface area contributed by atoms with Gasteiger partial charge < -0.3 is 15.2 Å². The lowest BCUT2D eigenvalue weighted by atomic mass is 10.1. The van der Waals surface area contributed by atoms with Crippen molar-refractivity contribution in [2.24, 2.45) is 5.73 Å². The average Bonchev–Trinajstić information content (AvgIpc) is 2.59. The number of aromatic nitrogens is 2. The summed E-state index contributed by atoms with van der Waals surface area (Å²) in [5.74, 6) is -1.04. The van der Waals surface area contributed by atoms with E-state index >= 15 is 0 Å². The Balaban J connectivity index is 2.52. The van der Waals surface area contributed by atoms with E-state index in [4.69, 9.17) is 10.8 Å². The van der Waals surface area contributed by atoms with Gasteiger partial charge in [0, 0.05) is 6.20 Å². The molecule has 2 heterocycles. The molecule has 15 heavy (non-hydrogen) atoms. The van der Waals surface area contributed by atoms with Crippen LogP contribution >= 0.6 is 0 Å². The van der Waals surface area contributed by atoms with Gasteiger partial charge in [-0.25, -0.2) is 4.98 Å². The van der Waals surface area contributed by atoms with Gasteiger partial charge in [-0.05, 0) is 18.6 Å². The summed E-state index contributed by atoms with van der Waals surface area (Å²) in [6, 6.07) is 2.54. The Labute approximate surface area is 86.2 Å². The van der Waals surface area contributed by atoms with Crippen LogP contribution in [0.2, 0.25) is 0 Å². The molecule has 2 aromatic heterocycles. The third-order valence-electron chi connectivity index (χ3n) is 2.37. The second kappa shape index (κ2) is 3.36. The van der Waals surface area contributed by atoms with Gasteiger partial charge >= 0.3 is 5.97 Å². The van der Waals surface area contributed by atoms with Gasteiger partial charge in [0.1, 0.15) is 6.04 Å². The lowest BCUT2D eigenvalue weighted by Gasteiger charge is -2.06. The molecule has 2 rings (SSSR count). The summed E-state index contributed by atoms with van der Waals surface area (Å²) in [7, 11) is 0. The minimum absolute atomic E-state index is 0.562. The molecule has 0 aliphatic heterocycles. The van der Waals surface area contributed by atoms with E-state index in [1.165, 1.54) is 0 Å². The number of fused-ring (bicyclic) bond motifs is 1. The van der Waals surface area contributed by atoms with Gasteiger partial charge in [0.25, 0.3) is 0 Å². The highest BCUT2D eigenvalue weighted by atomic mass is 16.4. The molecular formula is C10H11N3O2. The monoisotopic (exact) mass is 205 g/mol. The van der Waals surface area contributed by atoms with Gasteiger partial charge in [0.05, 0.1) is 17.5 Å². The molecule has 0 aliphatic carbocycles. The van der Waals surface area contributed by atoms with Crippen LogP contribution in [0.1, 0.15) is 17.3 Å². The maximum atomic E-state index is 10.7. The van der Waals surface area contributed by atoms with E-state index in [-0.39, 0.29) is 0 Å². The van der Waals surface area contributed by atoms with Crippen LogP contribution in [-0.4, -0.2) is 20.5 Å². The van der Waals surface area contributed by atoms with Crippen LogP contribution in [0, 0.1) is 6.92 Å². The SMILES string of the molecule is Cc1ncn2cc(C(N)C(=O)O)ccc12. The van der Waals surface area contributed by atoms with E-state index in [0.29, 0.717) is 5.56 Å². The predicted octanol–water partition coefficient (Wildman–Crippen LogP) is 0.727. The van der Waals surface area contributed by atoms with E-state index in [2.05, 4.69) is 4.98 Å². The third-order valence-corrected chi connectivity index (χ3v) is 2.37. The zero-order valence-corrected chi connectivity index (χ0v) is 8.21. The van der Waals surface area contributed by atoms with Gasteiger partial charge in [-0.2, -0.15) is 0 Å². The number of hydrogen-bond acceptors (Lipinski definition) is 3. The normalized spacial score (nSPS) is 12.9. The van der Waals surface area contributed by atoms with Crippen molar-refractivity contribution in [1.82, 2.24) is 9.38 Å². The van der Waals surface area contributed by atoms with Crippen molar-refractivity contribution in [3.8, 4) is 0 Å². The molecule has 0 aliphatic rings. The molecule has 3 N–H and O–H groups in total. The third kappa shape index (κ3) is 1.57. The second-order valence-electron chi connectivity index (χ2n) is 3.40. The molecule has 0 amide bonds. The summed E-state index contributed by atoms with van der Waals surface area (Å²) in [4.78, 5) is 14.8. The van der Waals surface area contributed by atoms with Crippen molar-refractivity contribution in [2.75, 3.05) is 0 Å². The fourth-order valence-corrected chi connectivity index (χ4v) is 1.48. The Morgan fingerprint density at radius 2 is 2.33 bits per heavy atom. The van der Waals surface area contributed by atoms with Gasteiger partial charge in [-0.1, -0.05) is 6.07 Å². The fourth-order valence-electron chi connectivity index (χ4n) is 1.48. The van der Waals surface area contributed by atoms with E-state index in [1.54, 1.807) is 23.0 Å². The van der Waals surface area contributed by atoms with E-state index in [1.807, 2.05) is 13.0 Å². The number of imidazole rings is 1. The van der Waals surface area contributed by atoms with E-state index in [9.17, 15) is 4.79 Å². The Bertz CT molecular complexity index is 518. The number of carboxylic acids is 1. The van der Waals surface area contributed by atoms with Crippen LogP contribution in [0.4, 0.5) is 0 Å². The summed E-state index contributed by atoms with van der Waals surface area (Å²) in [5, 5.41) is 8.76. The number of nitrogens with two attached hydrogens (primary N) is 1. The summed E-state index contributed by atoms with van der Waals surface area (Å²) in [5.41, 5.74) is 7.93. The summed E-state index contributed by atoms with van der Waals surface area (Å²) >= 11 is 0. The van der Waals surface area contributed by atoms with Crippen molar-refractivity contribution in [3.63, 3.8) is 0 Å². The largest absolute Gasteiger partial charge is 0.480 e. The number of pyridine rings is 1. The first-order chi connectivity index (χ1) is 7.09. The number of rotatable bonds is 2. The minimum atomic E-state index is -1.04. The smallest absolute Gasteiger partial charge is 0.325 e. The standard InChI is InChI=1S/C10H11N3O2/c1-6-8-3-2-7(9(11)10(14)15)4-13(8)5-12-6/h2-5,9H,11H2,1H3,(H,14,15). The van der Waals surface area contributed by atoms with Crippen LogP contribution in [0.25, 0.3) is 5.52 Å². The molecule has 1 atom stereocenters. The molecule has 5 heteroatoms. The second-order valence-corrected chi connectivity index (χ2v) is 3.40. The van der Waals surface area contributed by atoms with Crippen molar-refractivity contribution in [2.45, 2.75) is 13.0 Å². The molecule has 0 aromatic carbocycles. The van der Waals surface area contributed by atoms with Gasteiger partial charge in [-0.3, -0.25) is 4.79 Å². The van der Waals surface area contributed by atoms with E-state index in [0.717, 1.165) is 11.2 Å². The number of aryl methyl sites for hydroxylation is 1. The summed E-state index contributed by atoms with van der Waals surface area (Å²) in [6.07, 6.45) is 3.33. The molecule has 78 valence electrons. The van der Waals surface area contributed by atoms with Gasteiger partial charge in [0.15, 0.2) is 0 Å². The molecule has 5 nitrogen and oxygen atoms in total. The molecule has 1 unspecified atom stereocenters. The Kier molecular flexibility index (Phi) is 2.17. The number of nitrogens with zero attached hydrogens (tertiary/aromatic N) is 2. The number of carboxylic acid groups (broad SMARTS) is 1. The highest BCUT2D eigenvalue weighted by Gasteiger charge is 2.14. The molecule has 2 aromatic rings. The first kappa shape index (κ1) is 9.67. The molecule has 0 fully saturated rings. The summed E-state index contributed by atoms with van der Waals surface area (Å²) < 4.78 is 1.77. The fraction of sp³-hybridized carbons (Fsp3) is 0.200. The number of hydrogen-bond donors (Lipinski definition) is 2. The lowest BCUT2D eigenvalue weighted by molar-refractivity contribution is -0.138. The molecule has 0 bridgehead atoms. The first-order valence-electron chi connectivity index (χ1n) is 4.51. The average molecular weight is 205 g/mol. The van der Waals surface area contributed by atoms with Crippen molar-refractivity contribution >= 4 is 11.5 Å². The van der Waals surface area contributed by atoms with Crippen molar-refractivity contribution in [3.05, 3.63) is 35.9 Å². The van der Waals surface area contributed by atoms with Gasteiger partial charge in [-0.15, -0.1) is 0 Å². The molecule has 0 saturated heterocycles.